The Morgan fingerprint density at radius 3 is 2.80 bits per heavy atom. The number of anilines is 1. The van der Waals surface area contributed by atoms with E-state index >= 15 is 0 Å². The molecule has 1 aromatic carbocycles. The topological polar surface area (TPSA) is 80.5 Å². The van der Waals surface area contributed by atoms with E-state index in [1.807, 2.05) is 17.0 Å². The average Bonchev–Trinajstić information content (AvgIpc) is 2.63. The molecule has 3 N–H and O–H groups in total. The summed E-state index contributed by atoms with van der Waals surface area (Å²) in [5.74, 6) is 0.615. The molecule has 134 valence electrons. The standard InChI is InChI=1S/C17H19FN4O2.ClH/c18-11-24-13-5-3-12(4-6-13)15-10-22(9-8-20-15)17-14(16(19)23)2-1-7-21-17;/h1-7,15,20H,8-11H2,(H2,19,23);1H. The van der Waals surface area contributed by atoms with Gasteiger partial charge in [0, 0.05) is 31.9 Å². The van der Waals surface area contributed by atoms with E-state index in [-0.39, 0.29) is 18.4 Å². The second kappa shape index (κ2) is 8.64. The molecule has 3 rings (SSSR count). The highest BCUT2D eigenvalue weighted by atomic mass is 35.5. The van der Waals surface area contributed by atoms with Crippen molar-refractivity contribution in [2.45, 2.75) is 6.04 Å². The Kier molecular flexibility index (Phi) is 6.55. The van der Waals surface area contributed by atoms with Crippen LogP contribution in [0.15, 0.2) is 42.6 Å². The van der Waals surface area contributed by atoms with Crippen LogP contribution in [0.4, 0.5) is 10.2 Å². The minimum atomic E-state index is -0.843. The van der Waals surface area contributed by atoms with Crippen LogP contribution in [-0.4, -0.2) is 37.4 Å². The van der Waals surface area contributed by atoms with Gasteiger partial charge in [0.25, 0.3) is 5.91 Å². The van der Waals surface area contributed by atoms with E-state index in [1.165, 1.54) is 0 Å². The first-order chi connectivity index (χ1) is 11.7. The predicted octanol–water partition coefficient (Wildman–Crippen LogP) is 2.06. The van der Waals surface area contributed by atoms with Gasteiger partial charge in [-0.2, -0.15) is 0 Å². The largest absolute Gasteiger partial charge is 0.463 e. The zero-order chi connectivity index (χ0) is 16.9. The third kappa shape index (κ3) is 4.37. The Morgan fingerprint density at radius 2 is 2.12 bits per heavy atom. The van der Waals surface area contributed by atoms with Gasteiger partial charge in [0.2, 0.25) is 6.86 Å². The van der Waals surface area contributed by atoms with E-state index in [0.29, 0.717) is 23.7 Å². The zero-order valence-electron chi connectivity index (χ0n) is 13.5. The number of piperazine rings is 1. The van der Waals surface area contributed by atoms with Crippen molar-refractivity contribution in [2.24, 2.45) is 5.73 Å². The summed E-state index contributed by atoms with van der Waals surface area (Å²) in [7, 11) is 0. The van der Waals surface area contributed by atoms with Crippen molar-refractivity contribution in [3.63, 3.8) is 0 Å². The number of nitrogens with two attached hydrogens (primary N) is 1. The number of benzene rings is 1. The first-order valence-corrected chi connectivity index (χ1v) is 7.71. The van der Waals surface area contributed by atoms with Crippen molar-refractivity contribution in [2.75, 3.05) is 31.4 Å². The molecule has 0 aliphatic carbocycles. The highest BCUT2D eigenvalue weighted by Gasteiger charge is 2.24. The van der Waals surface area contributed by atoms with Crippen LogP contribution in [0.25, 0.3) is 0 Å². The number of halogens is 2. The molecule has 0 spiro atoms. The molecule has 1 unspecified atom stereocenters. The molecule has 1 amide bonds. The molecular formula is C17H20ClFN4O2. The van der Waals surface area contributed by atoms with E-state index < -0.39 is 12.8 Å². The number of nitrogens with zero attached hydrogens (tertiary/aromatic N) is 2. The maximum Gasteiger partial charge on any atom is 0.252 e. The summed E-state index contributed by atoms with van der Waals surface area (Å²) in [6, 6.07) is 10.7. The lowest BCUT2D eigenvalue weighted by Crippen LogP contribution is -2.46. The van der Waals surface area contributed by atoms with E-state index in [0.717, 1.165) is 18.7 Å². The second-order valence-corrected chi connectivity index (χ2v) is 5.51. The summed E-state index contributed by atoms with van der Waals surface area (Å²) in [6.45, 7) is 1.30. The first-order valence-electron chi connectivity index (χ1n) is 7.71. The van der Waals surface area contributed by atoms with E-state index in [2.05, 4.69) is 10.3 Å². The monoisotopic (exact) mass is 366 g/mol. The lowest BCUT2D eigenvalue weighted by atomic mass is 10.0. The van der Waals surface area contributed by atoms with Crippen LogP contribution in [-0.2, 0) is 0 Å². The summed E-state index contributed by atoms with van der Waals surface area (Å²) in [5.41, 5.74) is 6.93. The predicted molar refractivity (Wildman–Crippen MR) is 96.0 cm³/mol. The highest BCUT2D eigenvalue weighted by molar-refractivity contribution is 5.97. The van der Waals surface area contributed by atoms with Crippen LogP contribution in [0.1, 0.15) is 22.0 Å². The second-order valence-electron chi connectivity index (χ2n) is 5.51. The van der Waals surface area contributed by atoms with Crippen molar-refractivity contribution in [1.29, 1.82) is 0 Å². The number of carbonyl (C=O) groups is 1. The molecule has 1 aliphatic rings. The number of rotatable bonds is 5. The molecule has 1 aromatic heterocycles. The van der Waals surface area contributed by atoms with Gasteiger partial charge in [0.15, 0.2) is 0 Å². The summed E-state index contributed by atoms with van der Waals surface area (Å²) in [4.78, 5) is 18.0. The van der Waals surface area contributed by atoms with Gasteiger partial charge in [0.05, 0.1) is 5.56 Å². The van der Waals surface area contributed by atoms with E-state index in [9.17, 15) is 9.18 Å². The summed E-state index contributed by atoms with van der Waals surface area (Å²) in [6.07, 6.45) is 1.65. The third-order valence-corrected chi connectivity index (χ3v) is 4.03. The Morgan fingerprint density at radius 1 is 1.36 bits per heavy atom. The number of ether oxygens (including phenoxy) is 1. The van der Waals surface area contributed by atoms with Crippen LogP contribution in [0.2, 0.25) is 0 Å². The number of carbonyl (C=O) groups excluding carboxylic acids is 1. The number of aromatic nitrogens is 1. The third-order valence-electron chi connectivity index (χ3n) is 4.03. The van der Waals surface area contributed by atoms with E-state index in [1.54, 1.807) is 30.5 Å². The van der Waals surface area contributed by atoms with Gasteiger partial charge >= 0.3 is 0 Å². The lowest BCUT2D eigenvalue weighted by molar-refractivity contribution is 0.100. The fraction of sp³-hybridized carbons (Fsp3) is 0.294. The van der Waals surface area contributed by atoms with Gasteiger partial charge < -0.3 is 20.7 Å². The zero-order valence-corrected chi connectivity index (χ0v) is 14.3. The van der Waals surface area contributed by atoms with Crippen molar-refractivity contribution >= 4 is 24.1 Å². The molecule has 8 heteroatoms. The van der Waals surface area contributed by atoms with Gasteiger partial charge in [-0.3, -0.25) is 4.79 Å². The Balaban J connectivity index is 0.00000225. The first kappa shape index (κ1) is 19.0. The molecular weight excluding hydrogens is 347 g/mol. The fourth-order valence-corrected chi connectivity index (χ4v) is 2.87. The smallest absolute Gasteiger partial charge is 0.252 e. The minimum absolute atomic E-state index is 0. The van der Waals surface area contributed by atoms with Crippen molar-refractivity contribution < 1.29 is 13.9 Å². The molecule has 25 heavy (non-hydrogen) atoms. The minimum Gasteiger partial charge on any atom is -0.463 e. The Bertz CT molecular complexity index is 714. The molecule has 1 aliphatic heterocycles. The van der Waals surface area contributed by atoms with Crippen LogP contribution < -0.4 is 20.7 Å². The number of nitrogens with one attached hydrogen (secondary N) is 1. The molecule has 0 saturated carbocycles. The van der Waals surface area contributed by atoms with Crippen molar-refractivity contribution in [3.05, 3.63) is 53.7 Å². The molecule has 0 bridgehead atoms. The normalized spacial score (nSPS) is 16.8. The van der Waals surface area contributed by atoms with Gasteiger partial charge in [-0.05, 0) is 29.8 Å². The van der Waals surface area contributed by atoms with Crippen molar-refractivity contribution in [3.8, 4) is 5.75 Å². The summed E-state index contributed by atoms with van der Waals surface area (Å²) in [5, 5.41) is 3.43. The molecule has 1 saturated heterocycles. The van der Waals surface area contributed by atoms with Gasteiger partial charge in [0.1, 0.15) is 11.6 Å². The SMILES string of the molecule is Cl.NC(=O)c1cccnc1N1CCNC(c2ccc(OCF)cc2)C1. The van der Waals surface area contributed by atoms with Crippen LogP contribution in [0.3, 0.4) is 0 Å². The number of alkyl halides is 1. The van der Waals surface area contributed by atoms with Gasteiger partial charge in [-0.1, -0.05) is 12.1 Å². The molecule has 0 radical (unpaired) electrons. The molecule has 6 nitrogen and oxygen atoms in total. The lowest BCUT2D eigenvalue weighted by Gasteiger charge is -2.35. The molecule has 2 aromatic rings. The van der Waals surface area contributed by atoms with Crippen LogP contribution in [0.5, 0.6) is 5.75 Å². The Labute approximate surface area is 151 Å². The maximum absolute atomic E-state index is 12.2. The molecule has 1 fully saturated rings. The number of hydrogen-bond acceptors (Lipinski definition) is 5. The number of pyridine rings is 1. The summed E-state index contributed by atoms with van der Waals surface area (Å²) < 4.78 is 17.0. The van der Waals surface area contributed by atoms with Crippen LogP contribution in [0, 0.1) is 0 Å². The van der Waals surface area contributed by atoms with Crippen LogP contribution >= 0.6 is 12.4 Å². The molecule has 2 heterocycles. The summed E-state index contributed by atoms with van der Waals surface area (Å²) >= 11 is 0. The van der Waals surface area contributed by atoms with Gasteiger partial charge in [-0.25, -0.2) is 9.37 Å². The number of amides is 1. The molecule has 1 atom stereocenters. The fourth-order valence-electron chi connectivity index (χ4n) is 2.87. The Hall–Kier alpha value is -2.38. The van der Waals surface area contributed by atoms with Gasteiger partial charge in [-0.15, -0.1) is 12.4 Å². The number of hydrogen-bond donors (Lipinski definition) is 2. The maximum atomic E-state index is 12.2. The van der Waals surface area contributed by atoms with E-state index in [4.69, 9.17) is 10.5 Å². The number of primary amides is 1. The van der Waals surface area contributed by atoms with Crippen molar-refractivity contribution in [1.82, 2.24) is 10.3 Å². The quantitative estimate of drug-likeness (QED) is 0.846. The average molecular weight is 367 g/mol. The highest BCUT2D eigenvalue weighted by Crippen LogP contribution is 2.25.